The summed E-state index contributed by atoms with van der Waals surface area (Å²) in [7, 11) is -1.46. The summed E-state index contributed by atoms with van der Waals surface area (Å²) in [5.74, 6) is 0. The van der Waals surface area contributed by atoms with Gasteiger partial charge in [-0.2, -0.15) is 0 Å². The smallest absolute Gasteiger partial charge is 0.423 e. The topological polar surface area (TPSA) is 69.1 Å². The second-order valence-corrected chi connectivity index (χ2v) is 2.54. The van der Waals surface area contributed by atoms with E-state index in [0.29, 0.717) is 5.46 Å². The van der Waals surface area contributed by atoms with Crippen LogP contribution in [0.3, 0.4) is 0 Å². The first-order chi connectivity index (χ1) is 5.79. The number of nitrogens with zero attached hydrogens (tertiary/aromatic N) is 1. The molecule has 60 valence electrons. The lowest BCUT2D eigenvalue weighted by molar-refractivity contribution is 0.426. The minimum atomic E-state index is -1.46. The van der Waals surface area contributed by atoms with Crippen LogP contribution in [0.2, 0.25) is 0 Å². The van der Waals surface area contributed by atoms with Gasteiger partial charge in [-0.1, -0.05) is 0 Å². The molecule has 0 saturated carbocycles. The van der Waals surface area contributed by atoms with Crippen molar-refractivity contribution >= 4 is 23.5 Å². The fraction of sp³-hybridized carbons (Fsp3) is 0. The minimum Gasteiger partial charge on any atom is -0.423 e. The molecule has 0 saturated heterocycles. The van der Waals surface area contributed by atoms with E-state index in [-0.39, 0.29) is 0 Å². The number of aromatic nitrogens is 2. The normalized spacial score (nSPS) is 10.5. The van der Waals surface area contributed by atoms with Crippen LogP contribution in [-0.2, 0) is 0 Å². The monoisotopic (exact) mass is 162 g/mol. The molecule has 0 atom stereocenters. The molecule has 2 heterocycles. The standard InChI is InChI=1S/C7H7BN2O2/c11-8(12)6-3-9-4-7-5(6)1-2-10-7/h1-4,10-12H. The van der Waals surface area contributed by atoms with Crippen LogP contribution in [0.15, 0.2) is 24.7 Å². The third-order valence-electron chi connectivity index (χ3n) is 1.79. The summed E-state index contributed by atoms with van der Waals surface area (Å²) < 4.78 is 0. The molecular weight excluding hydrogens is 155 g/mol. The molecule has 0 spiro atoms. The Morgan fingerprint density at radius 1 is 1.33 bits per heavy atom. The Bertz CT molecular complexity index is 399. The lowest BCUT2D eigenvalue weighted by atomic mass is 9.79. The van der Waals surface area contributed by atoms with Crippen LogP contribution in [0.1, 0.15) is 0 Å². The van der Waals surface area contributed by atoms with Crippen LogP contribution in [0.4, 0.5) is 0 Å². The lowest BCUT2D eigenvalue weighted by Crippen LogP contribution is -2.30. The number of aromatic amines is 1. The van der Waals surface area contributed by atoms with E-state index in [1.807, 2.05) is 0 Å². The predicted molar refractivity (Wildman–Crippen MR) is 45.9 cm³/mol. The molecule has 12 heavy (non-hydrogen) atoms. The van der Waals surface area contributed by atoms with Crippen molar-refractivity contribution in [2.24, 2.45) is 0 Å². The van der Waals surface area contributed by atoms with Crippen molar-refractivity contribution < 1.29 is 10.0 Å². The molecule has 4 nitrogen and oxygen atoms in total. The van der Waals surface area contributed by atoms with Gasteiger partial charge in [-0.05, 0) is 6.07 Å². The number of nitrogens with one attached hydrogen (secondary N) is 1. The summed E-state index contributed by atoms with van der Waals surface area (Å²) >= 11 is 0. The lowest BCUT2D eigenvalue weighted by Gasteiger charge is -1.98. The Labute approximate surface area is 69.0 Å². The van der Waals surface area contributed by atoms with Crippen molar-refractivity contribution in [2.75, 3.05) is 0 Å². The Kier molecular flexibility index (Phi) is 1.60. The first kappa shape index (κ1) is 7.33. The Morgan fingerprint density at radius 3 is 2.92 bits per heavy atom. The van der Waals surface area contributed by atoms with Crippen LogP contribution >= 0.6 is 0 Å². The Morgan fingerprint density at radius 2 is 2.17 bits per heavy atom. The summed E-state index contributed by atoms with van der Waals surface area (Å²) in [5.41, 5.74) is 1.23. The van der Waals surface area contributed by atoms with Gasteiger partial charge >= 0.3 is 7.12 Å². The highest BCUT2D eigenvalue weighted by Gasteiger charge is 2.14. The number of fused-ring (bicyclic) bond motifs is 1. The molecule has 0 radical (unpaired) electrons. The molecule has 0 bridgehead atoms. The molecule has 2 aromatic heterocycles. The average Bonchev–Trinajstić information content (AvgIpc) is 2.49. The highest BCUT2D eigenvalue weighted by atomic mass is 16.4. The fourth-order valence-corrected chi connectivity index (χ4v) is 1.21. The zero-order valence-corrected chi connectivity index (χ0v) is 6.23. The number of H-pyrrole nitrogens is 1. The van der Waals surface area contributed by atoms with Crippen molar-refractivity contribution in [3.8, 4) is 0 Å². The molecule has 2 rings (SSSR count). The first-order valence-electron chi connectivity index (χ1n) is 3.56. The van der Waals surface area contributed by atoms with E-state index >= 15 is 0 Å². The van der Waals surface area contributed by atoms with E-state index < -0.39 is 7.12 Å². The summed E-state index contributed by atoms with van der Waals surface area (Å²) in [4.78, 5) is 6.79. The van der Waals surface area contributed by atoms with Crippen molar-refractivity contribution in [3.63, 3.8) is 0 Å². The van der Waals surface area contributed by atoms with E-state index in [2.05, 4.69) is 9.97 Å². The van der Waals surface area contributed by atoms with E-state index in [1.165, 1.54) is 6.20 Å². The molecule has 0 unspecified atom stereocenters. The maximum Gasteiger partial charge on any atom is 0.490 e. The van der Waals surface area contributed by atoms with Gasteiger partial charge in [0, 0.05) is 23.2 Å². The number of hydrogen-bond donors (Lipinski definition) is 3. The third-order valence-corrected chi connectivity index (χ3v) is 1.79. The van der Waals surface area contributed by atoms with Crippen molar-refractivity contribution in [2.45, 2.75) is 0 Å². The van der Waals surface area contributed by atoms with Crippen LogP contribution in [0.25, 0.3) is 10.9 Å². The van der Waals surface area contributed by atoms with Crippen molar-refractivity contribution in [1.82, 2.24) is 9.97 Å². The highest BCUT2D eigenvalue weighted by molar-refractivity contribution is 6.61. The average molecular weight is 162 g/mol. The Balaban J connectivity index is 2.73. The van der Waals surface area contributed by atoms with Gasteiger partial charge in [-0.3, -0.25) is 4.98 Å². The second kappa shape index (κ2) is 2.62. The summed E-state index contributed by atoms with van der Waals surface area (Å²) in [6.45, 7) is 0. The van der Waals surface area contributed by atoms with Gasteiger partial charge in [-0.15, -0.1) is 0 Å². The fourth-order valence-electron chi connectivity index (χ4n) is 1.21. The quantitative estimate of drug-likeness (QED) is 0.483. The predicted octanol–water partition coefficient (Wildman–Crippen LogP) is -0.757. The van der Waals surface area contributed by atoms with Crippen molar-refractivity contribution in [3.05, 3.63) is 24.7 Å². The molecule has 0 fully saturated rings. The Hall–Kier alpha value is -1.33. The molecule has 0 aliphatic rings. The van der Waals surface area contributed by atoms with Gasteiger partial charge in [-0.25, -0.2) is 0 Å². The van der Waals surface area contributed by atoms with E-state index in [9.17, 15) is 0 Å². The molecule has 2 aromatic rings. The number of rotatable bonds is 1. The summed E-state index contributed by atoms with van der Waals surface area (Å²) in [5, 5.41) is 18.7. The van der Waals surface area contributed by atoms with Gasteiger partial charge in [0.25, 0.3) is 0 Å². The largest absolute Gasteiger partial charge is 0.490 e. The highest BCUT2D eigenvalue weighted by Crippen LogP contribution is 2.06. The molecule has 0 aliphatic carbocycles. The molecule has 0 amide bonds. The van der Waals surface area contributed by atoms with E-state index in [0.717, 1.165) is 10.9 Å². The SMILES string of the molecule is OB(O)c1cncc2[nH]ccc12. The van der Waals surface area contributed by atoms with Crippen LogP contribution in [0, 0.1) is 0 Å². The van der Waals surface area contributed by atoms with Gasteiger partial charge in [0.1, 0.15) is 0 Å². The van der Waals surface area contributed by atoms with Gasteiger partial charge < -0.3 is 15.0 Å². The molecule has 0 aliphatic heterocycles. The number of hydrogen-bond acceptors (Lipinski definition) is 3. The minimum absolute atomic E-state index is 0.425. The maximum atomic E-state index is 8.94. The molecule has 5 heteroatoms. The van der Waals surface area contributed by atoms with E-state index in [1.54, 1.807) is 18.5 Å². The van der Waals surface area contributed by atoms with Crippen LogP contribution in [0.5, 0.6) is 0 Å². The van der Waals surface area contributed by atoms with E-state index in [4.69, 9.17) is 10.0 Å². The maximum absolute atomic E-state index is 8.94. The molecule has 0 aromatic carbocycles. The number of pyridine rings is 1. The summed E-state index contributed by atoms with van der Waals surface area (Å²) in [6.07, 6.45) is 4.82. The zero-order valence-electron chi connectivity index (χ0n) is 6.23. The molecule has 3 N–H and O–H groups in total. The molecular formula is C7H7BN2O2. The zero-order chi connectivity index (χ0) is 8.55. The van der Waals surface area contributed by atoms with Crippen LogP contribution in [-0.4, -0.2) is 27.1 Å². The van der Waals surface area contributed by atoms with Crippen LogP contribution < -0.4 is 5.46 Å². The van der Waals surface area contributed by atoms with Crippen molar-refractivity contribution in [1.29, 1.82) is 0 Å². The van der Waals surface area contributed by atoms with Gasteiger partial charge in [0.2, 0.25) is 0 Å². The first-order valence-corrected chi connectivity index (χ1v) is 3.56. The summed E-state index contributed by atoms with van der Waals surface area (Å²) in [6, 6.07) is 1.78. The second-order valence-electron chi connectivity index (χ2n) is 2.54. The van der Waals surface area contributed by atoms with Gasteiger partial charge in [0.05, 0.1) is 11.7 Å². The third kappa shape index (κ3) is 0.994. The van der Waals surface area contributed by atoms with Gasteiger partial charge in [0.15, 0.2) is 0 Å².